The first-order valence-corrected chi connectivity index (χ1v) is 5.91. The minimum absolute atomic E-state index is 0.423. The molecule has 4 heteroatoms. The van der Waals surface area contributed by atoms with E-state index in [0.29, 0.717) is 0 Å². The second kappa shape index (κ2) is 4.14. The van der Waals surface area contributed by atoms with Gasteiger partial charge in [-0.15, -0.1) is 11.8 Å². The number of hydrogen-bond acceptors (Lipinski definition) is 3. The van der Waals surface area contributed by atoms with Gasteiger partial charge in [0.2, 0.25) is 0 Å². The first kappa shape index (κ1) is 10.4. The van der Waals surface area contributed by atoms with Crippen LogP contribution in [0.15, 0.2) is 24.3 Å². The maximum Gasteiger partial charge on any atom is 0.336 e. The molecule has 80 valence electrons. The molecule has 0 amide bonds. The molecule has 0 aromatic heterocycles. The lowest BCUT2D eigenvalue weighted by Crippen LogP contribution is -2.34. The van der Waals surface area contributed by atoms with Crippen molar-refractivity contribution in [2.75, 3.05) is 17.2 Å². The van der Waals surface area contributed by atoms with E-state index in [2.05, 4.69) is 0 Å². The van der Waals surface area contributed by atoms with Crippen molar-refractivity contribution in [3.05, 3.63) is 29.8 Å². The SMILES string of the molecule is Cc1ccc(N2CCS[C@H]2C(=O)O)cc1. The Morgan fingerprint density at radius 2 is 2.13 bits per heavy atom. The summed E-state index contributed by atoms with van der Waals surface area (Å²) in [5.74, 6) is 0.128. The molecule has 1 fully saturated rings. The molecule has 1 aliphatic heterocycles. The quantitative estimate of drug-likeness (QED) is 0.832. The summed E-state index contributed by atoms with van der Waals surface area (Å²) < 4.78 is 0. The van der Waals surface area contributed by atoms with Crippen molar-refractivity contribution in [2.24, 2.45) is 0 Å². The highest BCUT2D eigenvalue weighted by Gasteiger charge is 2.31. The number of carboxylic acid groups (broad SMARTS) is 1. The predicted octanol–water partition coefficient (Wildman–Crippen LogP) is 1.96. The molecule has 15 heavy (non-hydrogen) atoms. The van der Waals surface area contributed by atoms with Gasteiger partial charge in [-0.3, -0.25) is 0 Å². The summed E-state index contributed by atoms with van der Waals surface area (Å²) in [5.41, 5.74) is 2.19. The van der Waals surface area contributed by atoms with Crippen LogP contribution in [0.5, 0.6) is 0 Å². The van der Waals surface area contributed by atoms with E-state index in [1.54, 1.807) is 0 Å². The fraction of sp³-hybridized carbons (Fsp3) is 0.364. The largest absolute Gasteiger partial charge is 0.479 e. The van der Waals surface area contributed by atoms with Crippen molar-refractivity contribution < 1.29 is 9.90 Å². The van der Waals surface area contributed by atoms with Gasteiger partial charge in [0.05, 0.1) is 0 Å². The molecule has 3 nitrogen and oxygen atoms in total. The first-order valence-electron chi connectivity index (χ1n) is 4.86. The van der Waals surface area contributed by atoms with Crippen molar-refractivity contribution in [3.63, 3.8) is 0 Å². The smallest absolute Gasteiger partial charge is 0.336 e. The Balaban J connectivity index is 2.22. The molecule has 0 spiro atoms. The summed E-state index contributed by atoms with van der Waals surface area (Å²) in [7, 11) is 0. The first-order chi connectivity index (χ1) is 7.18. The van der Waals surface area contributed by atoms with E-state index in [1.165, 1.54) is 17.3 Å². The molecule has 1 aromatic rings. The van der Waals surface area contributed by atoms with Gasteiger partial charge in [0.25, 0.3) is 0 Å². The Kier molecular flexibility index (Phi) is 2.86. The molecule has 1 aliphatic rings. The average molecular weight is 223 g/mol. The summed E-state index contributed by atoms with van der Waals surface area (Å²) in [6.45, 7) is 2.84. The Hall–Kier alpha value is -1.16. The zero-order chi connectivity index (χ0) is 10.8. The molecule has 1 atom stereocenters. The maximum absolute atomic E-state index is 11.0. The molecule has 0 aliphatic carbocycles. The van der Waals surface area contributed by atoms with E-state index in [9.17, 15) is 4.79 Å². The van der Waals surface area contributed by atoms with Gasteiger partial charge >= 0.3 is 5.97 Å². The molecular formula is C11H13NO2S. The van der Waals surface area contributed by atoms with Gasteiger partial charge < -0.3 is 10.0 Å². The number of hydrogen-bond donors (Lipinski definition) is 1. The van der Waals surface area contributed by atoms with Gasteiger partial charge in [0.1, 0.15) is 0 Å². The van der Waals surface area contributed by atoms with Crippen molar-refractivity contribution in [1.82, 2.24) is 0 Å². The lowest BCUT2D eigenvalue weighted by Gasteiger charge is -2.22. The Morgan fingerprint density at radius 3 is 2.73 bits per heavy atom. The third-order valence-electron chi connectivity index (χ3n) is 2.47. The van der Waals surface area contributed by atoms with Crippen LogP contribution < -0.4 is 4.90 Å². The molecular weight excluding hydrogens is 210 g/mol. The highest BCUT2D eigenvalue weighted by atomic mass is 32.2. The van der Waals surface area contributed by atoms with Crippen molar-refractivity contribution in [3.8, 4) is 0 Å². The Bertz CT molecular complexity index is 363. The monoisotopic (exact) mass is 223 g/mol. The maximum atomic E-state index is 11.0. The number of nitrogens with zero attached hydrogens (tertiary/aromatic N) is 1. The number of aryl methyl sites for hydroxylation is 1. The van der Waals surface area contributed by atoms with Crippen LogP contribution in [0.2, 0.25) is 0 Å². The van der Waals surface area contributed by atoms with Crippen LogP contribution in [-0.4, -0.2) is 28.7 Å². The van der Waals surface area contributed by atoms with Gasteiger partial charge in [-0.1, -0.05) is 17.7 Å². The van der Waals surface area contributed by atoms with Gasteiger partial charge in [-0.2, -0.15) is 0 Å². The second-order valence-electron chi connectivity index (χ2n) is 3.59. The minimum Gasteiger partial charge on any atom is -0.479 e. The van der Waals surface area contributed by atoms with Gasteiger partial charge in [-0.05, 0) is 19.1 Å². The highest BCUT2D eigenvalue weighted by molar-refractivity contribution is 8.01. The molecule has 1 saturated heterocycles. The van der Waals surface area contributed by atoms with Crippen LogP contribution in [0, 0.1) is 6.92 Å². The van der Waals surface area contributed by atoms with Crippen LogP contribution in [0.3, 0.4) is 0 Å². The van der Waals surface area contributed by atoms with Gasteiger partial charge in [0, 0.05) is 18.0 Å². The Morgan fingerprint density at radius 1 is 1.47 bits per heavy atom. The molecule has 1 heterocycles. The fourth-order valence-corrected chi connectivity index (χ4v) is 2.75. The number of carbonyl (C=O) groups is 1. The van der Waals surface area contributed by atoms with E-state index in [-0.39, 0.29) is 0 Å². The summed E-state index contributed by atoms with van der Waals surface area (Å²) in [6.07, 6.45) is 0. The highest BCUT2D eigenvalue weighted by Crippen LogP contribution is 2.29. The van der Waals surface area contributed by atoms with E-state index < -0.39 is 11.3 Å². The van der Waals surface area contributed by atoms with Crippen LogP contribution in [0.1, 0.15) is 5.56 Å². The molecule has 2 rings (SSSR count). The molecule has 0 saturated carbocycles. The van der Waals surface area contributed by atoms with Crippen LogP contribution >= 0.6 is 11.8 Å². The third kappa shape index (κ3) is 2.09. The lowest BCUT2D eigenvalue weighted by molar-refractivity contribution is -0.136. The van der Waals surface area contributed by atoms with Gasteiger partial charge in [0.15, 0.2) is 5.37 Å². The normalized spacial score (nSPS) is 20.6. The predicted molar refractivity (Wildman–Crippen MR) is 62.4 cm³/mol. The van der Waals surface area contributed by atoms with Gasteiger partial charge in [-0.25, -0.2) is 4.79 Å². The van der Waals surface area contributed by atoms with E-state index in [4.69, 9.17) is 5.11 Å². The molecule has 0 bridgehead atoms. The summed E-state index contributed by atoms with van der Waals surface area (Å²) >= 11 is 1.48. The van der Waals surface area contributed by atoms with Crippen molar-refractivity contribution in [2.45, 2.75) is 12.3 Å². The number of thioether (sulfide) groups is 1. The van der Waals surface area contributed by atoms with Crippen molar-refractivity contribution >= 4 is 23.4 Å². The number of aliphatic carboxylic acids is 1. The van der Waals surface area contributed by atoms with E-state index in [0.717, 1.165) is 18.0 Å². The zero-order valence-corrected chi connectivity index (χ0v) is 9.33. The topological polar surface area (TPSA) is 40.5 Å². The summed E-state index contributed by atoms with van der Waals surface area (Å²) in [6, 6.07) is 7.99. The third-order valence-corrected chi connectivity index (χ3v) is 3.66. The Labute approximate surface area is 93.1 Å². The molecule has 0 radical (unpaired) electrons. The van der Waals surface area contributed by atoms with Crippen LogP contribution in [-0.2, 0) is 4.79 Å². The van der Waals surface area contributed by atoms with Crippen LogP contribution in [0.4, 0.5) is 5.69 Å². The standard InChI is InChI=1S/C11H13NO2S/c1-8-2-4-9(5-3-8)12-6-7-15-10(12)11(13)14/h2-5,10H,6-7H2,1H3,(H,13,14)/t10-/m0/s1. The van der Waals surface area contributed by atoms with Crippen molar-refractivity contribution in [1.29, 1.82) is 0 Å². The molecule has 1 N–H and O–H groups in total. The molecule has 0 unspecified atom stereocenters. The number of benzene rings is 1. The zero-order valence-electron chi connectivity index (χ0n) is 8.51. The van der Waals surface area contributed by atoms with E-state index in [1.807, 2.05) is 36.1 Å². The summed E-state index contributed by atoms with van der Waals surface area (Å²) in [4.78, 5) is 12.9. The summed E-state index contributed by atoms with van der Waals surface area (Å²) in [5, 5.41) is 8.61. The number of carboxylic acids is 1. The second-order valence-corrected chi connectivity index (χ2v) is 4.78. The number of anilines is 1. The van der Waals surface area contributed by atoms with Crippen LogP contribution in [0.25, 0.3) is 0 Å². The molecule has 1 aromatic carbocycles. The minimum atomic E-state index is -0.752. The lowest BCUT2D eigenvalue weighted by atomic mass is 10.2. The number of rotatable bonds is 2. The van der Waals surface area contributed by atoms with E-state index >= 15 is 0 Å². The average Bonchev–Trinajstić information content (AvgIpc) is 2.67. The fourth-order valence-electron chi connectivity index (χ4n) is 1.68.